The first-order valence-electron chi connectivity index (χ1n) is 13.7. The molecular formula is C31H37N3O4S. The summed E-state index contributed by atoms with van der Waals surface area (Å²) < 4.78 is 5.91. The molecule has 7 nitrogen and oxygen atoms in total. The average molecular weight is 548 g/mol. The van der Waals surface area contributed by atoms with Gasteiger partial charge in [-0.3, -0.25) is 14.5 Å². The lowest BCUT2D eigenvalue weighted by molar-refractivity contribution is -0.118. The highest BCUT2D eigenvalue weighted by molar-refractivity contribution is 7.14. The zero-order valence-electron chi connectivity index (χ0n) is 23.1. The zero-order chi connectivity index (χ0) is 27.7. The summed E-state index contributed by atoms with van der Waals surface area (Å²) in [4.78, 5) is 31.9. The number of fused-ring (bicyclic) bond motifs is 1. The van der Waals surface area contributed by atoms with Crippen molar-refractivity contribution in [2.24, 2.45) is 5.92 Å². The van der Waals surface area contributed by atoms with Crippen LogP contribution in [-0.2, 0) is 17.9 Å². The number of thiazole rings is 1. The molecule has 0 bridgehead atoms. The van der Waals surface area contributed by atoms with Crippen molar-refractivity contribution in [2.45, 2.75) is 71.7 Å². The number of nitrogens with one attached hydrogen (secondary N) is 1. The Hall–Kier alpha value is -3.07. The van der Waals surface area contributed by atoms with Crippen molar-refractivity contribution in [1.29, 1.82) is 0 Å². The number of hydrogen-bond acceptors (Lipinski definition) is 7. The quantitative estimate of drug-likeness (QED) is 0.350. The van der Waals surface area contributed by atoms with E-state index in [4.69, 9.17) is 4.74 Å². The number of aromatic nitrogens is 1. The van der Waals surface area contributed by atoms with Crippen molar-refractivity contribution in [3.8, 4) is 5.75 Å². The molecule has 8 heteroatoms. The maximum absolute atomic E-state index is 12.9. The molecule has 1 aliphatic heterocycles. The second-order valence-corrected chi connectivity index (χ2v) is 12.1. The van der Waals surface area contributed by atoms with Crippen LogP contribution in [0.4, 0.5) is 0 Å². The SMILES string of the molecule is CC(=O)C(C)c1nc(C)c(C(=O)N[C@@H](C)c2ccc(CN3Cc4ccc(OCC5CC5)cc4C(O)C3)cc2)s1. The highest BCUT2D eigenvalue weighted by Gasteiger charge is 2.26. The van der Waals surface area contributed by atoms with E-state index in [-0.39, 0.29) is 23.7 Å². The highest BCUT2D eigenvalue weighted by atomic mass is 32.1. The summed E-state index contributed by atoms with van der Waals surface area (Å²) in [6.07, 6.45) is 1.97. The molecule has 1 fully saturated rings. The van der Waals surface area contributed by atoms with Gasteiger partial charge in [-0.1, -0.05) is 30.3 Å². The van der Waals surface area contributed by atoms with E-state index in [1.54, 1.807) is 13.8 Å². The van der Waals surface area contributed by atoms with Gasteiger partial charge in [-0.15, -0.1) is 11.3 Å². The Morgan fingerprint density at radius 3 is 2.62 bits per heavy atom. The number of hydrogen-bond donors (Lipinski definition) is 2. The maximum atomic E-state index is 12.9. The summed E-state index contributed by atoms with van der Waals surface area (Å²) in [5.41, 5.74) is 4.92. The largest absolute Gasteiger partial charge is 0.493 e. The van der Waals surface area contributed by atoms with Crippen LogP contribution in [0.1, 0.15) is 94.3 Å². The first-order chi connectivity index (χ1) is 18.7. The van der Waals surface area contributed by atoms with Crippen molar-refractivity contribution >= 4 is 23.0 Å². The monoisotopic (exact) mass is 547 g/mol. The summed E-state index contributed by atoms with van der Waals surface area (Å²) in [5.74, 6) is 1.10. The van der Waals surface area contributed by atoms with Gasteiger partial charge < -0.3 is 15.2 Å². The number of rotatable bonds is 10. The molecule has 2 aliphatic rings. The summed E-state index contributed by atoms with van der Waals surface area (Å²) in [6.45, 7) is 9.98. The van der Waals surface area contributed by atoms with E-state index in [2.05, 4.69) is 33.4 Å². The van der Waals surface area contributed by atoms with Crippen molar-refractivity contribution in [3.63, 3.8) is 0 Å². The van der Waals surface area contributed by atoms with E-state index in [0.29, 0.717) is 28.0 Å². The minimum atomic E-state index is -0.540. The fourth-order valence-electron chi connectivity index (χ4n) is 4.89. The second kappa shape index (κ2) is 11.6. The van der Waals surface area contributed by atoms with E-state index in [0.717, 1.165) is 47.7 Å². The third-order valence-electron chi connectivity index (χ3n) is 7.72. The molecule has 3 aromatic rings. The molecule has 1 aromatic heterocycles. The second-order valence-electron chi connectivity index (χ2n) is 11.0. The van der Waals surface area contributed by atoms with E-state index in [1.807, 2.05) is 38.1 Å². The van der Waals surface area contributed by atoms with Crippen molar-refractivity contribution < 1.29 is 19.4 Å². The lowest BCUT2D eigenvalue weighted by atomic mass is 9.96. The lowest BCUT2D eigenvalue weighted by Gasteiger charge is -2.32. The Morgan fingerprint density at radius 1 is 1.18 bits per heavy atom. The number of amides is 1. The number of aliphatic hydroxyl groups is 1. The number of ether oxygens (including phenoxy) is 1. The Balaban J connectivity index is 1.17. The molecular weight excluding hydrogens is 510 g/mol. The van der Waals surface area contributed by atoms with Gasteiger partial charge in [0.15, 0.2) is 0 Å². The van der Waals surface area contributed by atoms with Crippen LogP contribution in [0, 0.1) is 12.8 Å². The number of carbonyl (C=O) groups excluding carboxylic acids is 2. The van der Waals surface area contributed by atoms with Crippen LogP contribution in [0.2, 0.25) is 0 Å². The first kappa shape index (κ1) is 27.5. The molecule has 2 unspecified atom stereocenters. The average Bonchev–Trinajstić information content (AvgIpc) is 3.66. The Bertz CT molecular complexity index is 1350. The maximum Gasteiger partial charge on any atom is 0.263 e. The molecule has 2 N–H and O–H groups in total. The number of ketones is 1. The number of Topliss-reactive ketones (excluding diaryl/α,β-unsaturated/α-hetero) is 1. The third-order valence-corrected chi connectivity index (χ3v) is 9.06. The molecule has 2 heterocycles. The van der Waals surface area contributed by atoms with Gasteiger partial charge in [0, 0.05) is 19.6 Å². The van der Waals surface area contributed by atoms with Gasteiger partial charge >= 0.3 is 0 Å². The Kier molecular flexibility index (Phi) is 8.16. The van der Waals surface area contributed by atoms with Crippen LogP contribution in [0.15, 0.2) is 42.5 Å². The minimum absolute atomic E-state index is 0.0373. The van der Waals surface area contributed by atoms with E-state index in [1.165, 1.54) is 24.2 Å². The highest BCUT2D eigenvalue weighted by Crippen LogP contribution is 2.33. The van der Waals surface area contributed by atoms with Crippen LogP contribution in [0.5, 0.6) is 5.75 Å². The predicted molar refractivity (Wildman–Crippen MR) is 152 cm³/mol. The van der Waals surface area contributed by atoms with Gasteiger partial charge in [0.1, 0.15) is 21.4 Å². The molecule has 0 saturated heterocycles. The molecule has 0 spiro atoms. The molecule has 1 saturated carbocycles. The molecule has 0 radical (unpaired) electrons. The van der Waals surface area contributed by atoms with Crippen molar-refractivity contribution in [1.82, 2.24) is 15.2 Å². The molecule has 3 atom stereocenters. The van der Waals surface area contributed by atoms with E-state index < -0.39 is 6.10 Å². The molecule has 1 amide bonds. The van der Waals surface area contributed by atoms with Crippen molar-refractivity contribution in [3.05, 3.63) is 80.3 Å². The molecule has 1 aliphatic carbocycles. The number of carbonyl (C=O) groups is 2. The van der Waals surface area contributed by atoms with Crippen LogP contribution >= 0.6 is 11.3 Å². The Labute approximate surface area is 234 Å². The fraction of sp³-hybridized carbons (Fsp3) is 0.452. The van der Waals surface area contributed by atoms with Gasteiger partial charge in [-0.05, 0) is 80.8 Å². The van der Waals surface area contributed by atoms with Gasteiger partial charge in [0.05, 0.1) is 30.4 Å². The minimum Gasteiger partial charge on any atom is -0.493 e. The zero-order valence-corrected chi connectivity index (χ0v) is 23.9. The standard InChI is InChI=1S/C31H37N3O4S/c1-18(21(4)35)31-33-20(3)29(39-31)30(37)32-19(2)24-9-7-22(8-10-24)14-34-15-25-11-12-26(38-17-23-5-6-23)13-27(25)28(36)16-34/h7-13,18-19,23,28,36H,5-6,14-17H2,1-4H3,(H,32,37)/t18?,19-,28?/m0/s1. The molecule has 206 valence electrons. The number of β-amino-alcohol motifs (C(OH)–C–C–N with tert-alkyl or cyclic N) is 1. The Morgan fingerprint density at radius 2 is 1.92 bits per heavy atom. The molecule has 5 rings (SSSR count). The smallest absolute Gasteiger partial charge is 0.263 e. The van der Waals surface area contributed by atoms with Crippen molar-refractivity contribution in [2.75, 3.05) is 13.2 Å². The number of aryl methyl sites for hydroxylation is 1. The van der Waals surface area contributed by atoms with Gasteiger partial charge in [-0.2, -0.15) is 0 Å². The van der Waals surface area contributed by atoms with Gasteiger partial charge in [0.25, 0.3) is 5.91 Å². The van der Waals surface area contributed by atoms with Crippen LogP contribution in [-0.4, -0.2) is 39.8 Å². The first-order valence-corrected chi connectivity index (χ1v) is 14.5. The lowest BCUT2D eigenvalue weighted by Crippen LogP contribution is -2.33. The van der Waals surface area contributed by atoms with Crippen LogP contribution in [0.25, 0.3) is 0 Å². The number of benzene rings is 2. The van der Waals surface area contributed by atoms with Gasteiger partial charge in [0.2, 0.25) is 0 Å². The van der Waals surface area contributed by atoms with Crippen LogP contribution < -0.4 is 10.1 Å². The normalized spacial score (nSPS) is 18.7. The predicted octanol–water partition coefficient (Wildman–Crippen LogP) is 5.47. The summed E-state index contributed by atoms with van der Waals surface area (Å²) in [5, 5.41) is 14.6. The van der Waals surface area contributed by atoms with Gasteiger partial charge in [-0.25, -0.2) is 4.98 Å². The number of aliphatic hydroxyl groups excluding tert-OH is 1. The molecule has 2 aromatic carbocycles. The molecule has 39 heavy (non-hydrogen) atoms. The van der Waals surface area contributed by atoms with E-state index >= 15 is 0 Å². The van der Waals surface area contributed by atoms with Crippen LogP contribution in [0.3, 0.4) is 0 Å². The summed E-state index contributed by atoms with van der Waals surface area (Å²) in [6, 6.07) is 14.2. The summed E-state index contributed by atoms with van der Waals surface area (Å²) in [7, 11) is 0. The number of nitrogens with zero attached hydrogens (tertiary/aromatic N) is 2. The van der Waals surface area contributed by atoms with E-state index in [9.17, 15) is 14.7 Å². The fourth-order valence-corrected chi connectivity index (χ4v) is 5.97. The topological polar surface area (TPSA) is 91.8 Å². The third kappa shape index (κ3) is 6.57. The summed E-state index contributed by atoms with van der Waals surface area (Å²) >= 11 is 1.29.